The van der Waals surface area contributed by atoms with E-state index in [4.69, 9.17) is 4.42 Å². The highest BCUT2D eigenvalue weighted by Gasteiger charge is 2.21. The van der Waals surface area contributed by atoms with Crippen molar-refractivity contribution in [3.63, 3.8) is 0 Å². The molecule has 0 atom stereocenters. The maximum absolute atomic E-state index is 12.6. The Hall–Kier alpha value is -3.21. The lowest BCUT2D eigenvalue weighted by Crippen LogP contribution is -2.30. The average Bonchev–Trinajstić information content (AvgIpc) is 3.22. The molecular formula is C22H21N3O3S. The van der Waals surface area contributed by atoms with Crippen LogP contribution in [-0.4, -0.2) is 30.8 Å². The number of rotatable bonds is 7. The molecule has 1 aromatic carbocycles. The molecular weight excluding hydrogens is 386 g/mol. The van der Waals surface area contributed by atoms with Gasteiger partial charge in [0.05, 0.1) is 16.2 Å². The van der Waals surface area contributed by atoms with Crippen LogP contribution in [-0.2, 0) is 10.0 Å². The van der Waals surface area contributed by atoms with Gasteiger partial charge in [-0.25, -0.2) is 8.42 Å². The van der Waals surface area contributed by atoms with Gasteiger partial charge in [0.1, 0.15) is 17.6 Å². The highest BCUT2D eigenvalue weighted by molar-refractivity contribution is 7.89. The first-order chi connectivity index (χ1) is 14.0. The number of aromatic nitrogens is 1. The number of hydrogen-bond acceptors (Lipinski definition) is 5. The zero-order valence-corrected chi connectivity index (χ0v) is 17.1. The zero-order chi connectivity index (χ0) is 20.9. The molecule has 7 heteroatoms. The SMILES string of the molecule is CCN(CC)S(=O)(=O)c1ccc(-c2ccc(C=C(C#N)c3ccccn3)o2)cc1. The van der Waals surface area contributed by atoms with Crippen molar-refractivity contribution in [1.82, 2.24) is 9.29 Å². The molecule has 0 radical (unpaired) electrons. The Bertz CT molecular complexity index is 1140. The minimum atomic E-state index is -3.49. The summed E-state index contributed by atoms with van der Waals surface area (Å²) in [5.74, 6) is 1.10. The summed E-state index contributed by atoms with van der Waals surface area (Å²) in [6.07, 6.45) is 3.26. The molecule has 6 nitrogen and oxygen atoms in total. The zero-order valence-electron chi connectivity index (χ0n) is 16.2. The van der Waals surface area contributed by atoms with Crippen LogP contribution in [0.2, 0.25) is 0 Å². The Labute approximate surface area is 170 Å². The third-order valence-electron chi connectivity index (χ3n) is 4.46. The lowest BCUT2D eigenvalue weighted by atomic mass is 10.1. The van der Waals surface area contributed by atoms with Gasteiger partial charge in [-0.05, 0) is 48.5 Å². The number of allylic oxidation sites excluding steroid dienone is 1. The van der Waals surface area contributed by atoms with Crippen LogP contribution < -0.4 is 0 Å². The van der Waals surface area contributed by atoms with Crippen LogP contribution >= 0.6 is 0 Å². The van der Waals surface area contributed by atoms with Gasteiger partial charge in [0.15, 0.2) is 0 Å². The second-order valence-electron chi connectivity index (χ2n) is 6.20. The Kier molecular flexibility index (Phi) is 6.27. The topological polar surface area (TPSA) is 87.2 Å². The predicted molar refractivity (Wildman–Crippen MR) is 112 cm³/mol. The predicted octanol–water partition coefficient (Wildman–Crippen LogP) is 4.44. The van der Waals surface area contributed by atoms with Crippen LogP contribution in [0.4, 0.5) is 0 Å². The Morgan fingerprint density at radius 1 is 1.10 bits per heavy atom. The fourth-order valence-corrected chi connectivity index (χ4v) is 4.38. The van der Waals surface area contributed by atoms with Crippen LogP contribution in [0.15, 0.2) is 70.1 Å². The minimum Gasteiger partial charge on any atom is -0.457 e. The van der Waals surface area contributed by atoms with Crippen molar-refractivity contribution < 1.29 is 12.8 Å². The summed E-state index contributed by atoms with van der Waals surface area (Å²) in [4.78, 5) is 4.43. The van der Waals surface area contributed by atoms with Gasteiger partial charge < -0.3 is 4.42 Å². The number of sulfonamides is 1. The first kappa shape index (κ1) is 20.5. The standard InChI is InChI=1S/C22H21N3O3S/c1-3-25(4-2)29(26,27)20-11-8-17(9-12-20)22-13-10-19(28-22)15-18(16-23)21-7-5-6-14-24-21/h5-15H,3-4H2,1-2H3. The second kappa shape index (κ2) is 8.86. The number of nitrogens with zero attached hydrogens (tertiary/aromatic N) is 3. The Balaban J connectivity index is 1.86. The molecule has 0 N–H and O–H groups in total. The molecule has 3 aromatic rings. The van der Waals surface area contributed by atoms with Crippen LogP contribution in [0.1, 0.15) is 25.3 Å². The average molecular weight is 407 g/mol. The summed E-state index contributed by atoms with van der Waals surface area (Å²) in [5, 5.41) is 9.40. The quantitative estimate of drug-likeness (QED) is 0.541. The van der Waals surface area contributed by atoms with Crippen molar-refractivity contribution >= 4 is 21.7 Å². The Morgan fingerprint density at radius 3 is 2.41 bits per heavy atom. The third kappa shape index (κ3) is 4.45. The fourth-order valence-electron chi connectivity index (χ4n) is 2.92. The van der Waals surface area contributed by atoms with Crippen molar-refractivity contribution in [3.8, 4) is 17.4 Å². The largest absolute Gasteiger partial charge is 0.457 e. The van der Waals surface area contributed by atoms with E-state index in [0.29, 0.717) is 35.9 Å². The van der Waals surface area contributed by atoms with Crippen molar-refractivity contribution in [3.05, 3.63) is 72.2 Å². The van der Waals surface area contributed by atoms with E-state index >= 15 is 0 Å². The summed E-state index contributed by atoms with van der Waals surface area (Å²) in [7, 11) is -3.49. The first-order valence-corrected chi connectivity index (χ1v) is 10.7. The third-order valence-corrected chi connectivity index (χ3v) is 6.52. The van der Waals surface area contributed by atoms with Crippen LogP contribution in [0.25, 0.3) is 23.0 Å². The highest BCUT2D eigenvalue weighted by Crippen LogP contribution is 2.26. The van der Waals surface area contributed by atoms with Gasteiger partial charge in [-0.3, -0.25) is 4.98 Å². The lowest BCUT2D eigenvalue weighted by molar-refractivity contribution is 0.445. The summed E-state index contributed by atoms with van der Waals surface area (Å²) in [6, 6.07) is 17.6. The van der Waals surface area contributed by atoms with Gasteiger partial charge in [-0.15, -0.1) is 0 Å². The Morgan fingerprint density at radius 2 is 1.83 bits per heavy atom. The molecule has 0 saturated carbocycles. The highest BCUT2D eigenvalue weighted by atomic mass is 32.2. The van der Waals surface area contributed by atoms with E-state index in [2.05, 4.69) is 11.1 Å². The van der Waals surface area contributed by atoms with Gasteiger partial charge in [0.2, 0.25) is 10.0 Å². The maximum atomic E-state index is 12.6. The molecule has 3 rings (SSSR count). The molecule has 0 aliphatic carbocycles. The van der Waals surface area contributed by atoms with Crippen molar-refractivity contribution in [2.45, 2.75) is 18.7 Å². The van der Waals surface area contributed by atoms with Crippen molar-refractivity contribution in [1.29, 1.82) is 5.26 Å². The van der Waals surface area contributed by atoms with Crippen LogP contribution in [0.5, 0.6) is 0 Å². The van der Waals surface area contributed by atoms with Gasteiger partial charge in [-0.1, -0.05) is 19.9 Å². The fraction of sp³-hybridized carbons (Fsp3) is 0.182. The number of pyridine rings is 1. The van der Waals surface area contributed by atoms with E-state index in [-0.39, 0.29) is 4.90 Å². The molecule has 0 saturated heterocycles. The monoisotopic (exact) mass is 407 g/mol. The molecule has 29 heavy (non-hydrogen) atoms. The number of nitriles is 1. The molecule has 0 bridgehead atoms. The van der Waals surface area contributed by atoms with Gasteiger partial charge in [-0.2, -0.15) is 9.57 Å². The summed E-state index contributed by atoms with van der Waals surface area (Å²) < 4.78 is 32.4. The molecule has 0 fully saturated rings. The van der Waals surface area contributed by atoms with E-state index in [0.717, 1.165) is 5.56 Å². The summed E-state index contributed by atoms with van der Waals surface area (Å²) >= 11 is 0. The van der Waals surface area contributed by atoms with E-state index in [1.54, 1.807) is 60.8 Å². The van der Waals surface area contributed by atoms with Crippen LogP contribution in [0.3, 0.4) is 0 Å². The normalized spacial score (nSPS) is 12.1. The molecule has 0 aliphatic heterocycles. The van der Waals surface area contributed by atoms with Gasteiger partial charge in [0, 0.05) is 30.9 Å². The smallest absolute Gasteiger partial charge is 0.243 e. The number of benzene rings is 1. The molecule has 2 aromatic heterocycles. The second-order valence-corrected chi connectivity index (χ2v) is 8.14. The van der Waals surface area contributed by atoms with Crippen molar-refractivity contribution in [2.75, 3.05) is 13.1 Å². The molecule has 2 heterocycles. The van der Waals surface area contributed by atoms with E-state index in [1.807, 2.05) is 19.9 Å². The van der Waals surface area contributed by atoms with E-state index in [1.165, 1.54) is 4.31 Å². The van der Waals surface area contributed by atoms with E-state index < -0.39 is 10.0 Å². The van der Waals surface area contributed by atoms with E-state index in [9.17, 15) is 13.7 Å². The minimum absolute atomic E-state index is 0.249. The number of hydrogen-bond donors (Lipinski definition) is 0. The lowest BCUT2D eigenvalue weighted by Gasteiger charge is -2.18. The summed E-state index contributed by atoms with van der Waals surface area (Å²) in [6.45, 7) is 4.47. The molecule has 148 valence electrons. The summed E-state index contributed by atoms with van der Waals surface area (Å²) in [5.41, 5.74) is 1.71. The number of furan rings is 1. The van der Waals surface area contributed by atoms with Crippen molar-refractivity contribution in [2.24, 2.45) is 0 Å². The molecule has 0 amide bonds. The van der Waals surface area contributed by atoms with Crippen LogP contribution in [0, 0.1) is 11.3 Å². The maximum Gasteiger partial charge on any atom is 0.243 e. The first-order valence-electron chi connectivity index (χ1n) is 9.23. The molecule has 0 spiro atoms. The van der Waals surface area contributed by atoms with Gasteiger partial charge >= 0.3 is 0 Å². The molecule has 0 unspecified atom stereocenters. The molecule has 0 aliphatic rings. The van der Waals surface area contributed by atoms with Gasteiger partial charge in [0.25, 0.3) is 0 Å².